The molecular formula is C12H12N2O4S. The maximum Gasteiger partial charge on any atom is 0.339 e. The van der Waals surface area contributed by atoms with Gasteiger partial charge in [-0.05, 0) is 26.0 Å². The number of hydrogen-bond donors (Lipinski definition) is 2. The topological polar surface area (TPSA) is 91.9 Å². The van der Waals surface area contributed by atoms with Gasteiger partial charge >= 0.3 is 11.9 Å². The van der Waals surface area contributed by atoms with E-state index in [9.17, 15) is 9.59 Å². The van der Waals surface area contributed by atoms with Gasteiger partial charge in [0.15, 0.2) is 0 Å². The SMILES string of the molecule is CC(C)(Sc1cccc2c(C(=O)O)cnn12)C(=O)O. The Labute approximate surface area is 113 Å². The molecule has 0 aliphatic rings. The van der Waals surface area contributed by atoms with Crippen molar-refractivity contribution >= 4 is 29.2 Å². The van der Waals surface area contributed by atoms with E-state index in [1.54, 1.807) is 32.0 Å². The van der Waals surface area contributed by atoms with Crippen molar-refractivity contribution < 1.29 is 19.8 Å². The Balaban J connectivity index is 2.51. The summed E-state index contributed by atoms with van der Waals surface area (Å²) in [6, 6.07) is 5.03. The number of pyridine rings is 1. The van der Waals surface area contributed by atoms with Gasteiger partial charge in [0, 0.05) is 0 Å². The molecule has 0 saturated heterocycles. The van der Waals surface area contributed by atoms with Crippen LogP contribution < -0.4 is 0 Å². The predicted molar refractivity (Wildman–Crippen MR) is 69.7 cm³/mol. The molecule has 6 nitrogen and oxygen atoms in total. The van der Waals surface area contributed by atoms with Crippen molar-refractivity contribution in [2.24, 2.45) is 0 Å². The van der Waals surface area contributed by atoms with Crippen molar-refractivity contribution in [3.8, 4) is 0 Å². The van der Waals surface area contributed by atoms with Gasteiger partial charge in [-0.3, -0.25) is 4.79 Å². The van der Waals surface area contributed by atoms with Crippen LogP contribution in [0.15, 0.2) is 29.4 Å². The van der Waals surface area contributed by atoms with Gasteiger partial charge in [0.05, 0.1) is 16.7 Å². The highest BCUT2D eigenvalue weighted by atomic mass is 32.2. The van der Waals surface area contributed by atoms with Crippen LogP contribution in [-0.2, 0) is 4.79 Å². The van der Waals surface area contributed by atoms with Crippen LogP contribution in [-0.4, -0.2) is 36.5 Å². The Morgan fingerprint density at radius 2 is 2.00 bits per heavy atom. The lowest BCUT2D eigenvalue weighted by atomic mass is 10.2. The van der Waals surface area contributed by atoms with Crippen molar-refractivity contribution in [1.29, 1.82) is 0 Å². The molecule has 0 atom stereocenters. The average Bonchev–Trinajstić information content (AvgIpc) is 2.73. The van der Waals surface area contributed by atoms with Gasteiger partial charge in [-0.1, -0.05) is 17.8 Å². The van der Waals surface area contributed by atoms with Crippen LogP contribution >= 0.6 is 11.8 Å². The Bertz CT molecular complexity index is 663. The summed E-state index contributed by atoms with van der Waals surface area (Å²) in [4.78, 5) is 22.2. The molecule has 7 heteroatoms. The quantitative estimate of drug-likeness (QED) is 0.832. The standard InChI is InChI=1S/C12H12N2O4S/c1-12(2,11(17)18)19-9-5-3-4-8-7(10(15)16)6-13-14(8)9/h3-6H,1-2H3,(H,15,16)(H,17,18). The molecule has 0 amide bonds. The molecule has 0 radical (unpaired) electrons. The van der Waals surface area contributed by atoms with E-state index in [4.69, 9.17) is 10.2 Å². The van der Waals surface area contributed by atoms with Crippen molar-refractivity contribution in [3.05, 3.63) is 30.0 Å². The molecule has 2 heterocycles. The minimum atomic E-state index is -1.06. The normalized spacial score (nSPS) is 11.7. The number of carboxylic acid groups (broad SMARTS) is 2. The second kappa shape index (κ2) is 4.58. The molecule has 0 unspecified atom stereocenters. The minimum Gasteiger partial charge on any atom is -0.480 e. The van der Waals surface area contributed by atoms with Gasteiger partial charge in [-0.2, -0.15) is 5.10 Å². The fourth-order valence-corrected chi connectivity index (χ4v) is 2.52. The van der Waals surface area contributed by atoms with Gasteiger partial charge < -0.3 is 10.2 Å². The zero-order valence-electron chi connectivity index (χ0n) is 10.3. The van der Waals surface area contributed by atoms with E-state index in [2.05, 4.69) is 5.10 Å². The van der Waals surface area contributed by atoms with Gasteiger partial charge in [0.25, 0.3) is 0 Å². The van der Waals surface area contributed by atoms with Crippen LogP contribution in [0.2, 0.25) is 0 Å². The lowest BCUT2D eigenvalue weighted by molar-refractivity contribution is -0.138. The second-order valence-corrected chi connectivity index (χ2v) is 6.09. The molecule has 0 aromatic carbocycles. The van der Waals surface area contributed by atoms with E-state index in [1.165, 1.54) is 10.7 Å². The third kappa shape index (κ3) is 2.41. The molecular weight excluding hydrogens is 268 g/mol. The van der Waals surface area contributed by atoms with Crippen LogP contribution in [0.25, 0.3) is 5.52 Å². The first-order valence-electron chi connectivity index (χ1n) is 5.45. The van der Waals surface area contributed by atoms with Crippen LogP contribution in [0.5, 0.6) is 0 Å². The summed E-state index contributed by atoms with van der Waals surface area (Å²) >= 11 is 1.12. The summed E-state index contributed by atoms with van der Waals surface area (Å²) in [5.41, 5.74) is 0.536. The number of fused-ring (bicyclic) bond motifs is 1. The number of rotatable bonds is 4. The van der Waals surface area contributed by atoms with Crippen LogP contribution in [0.3, 0.4) is 0 Å². The maximum atomic E-state index is 11.1. The molecule has 0 bridgehead atoms. The molecule has 2 rings (SSSR count). The predicted octanol–water partition coefficient (Wildman–Crippen LogP) is 1.99. The molecule has 0 aliphatic carbocycles. The summed E-state index contributed by atoms with van der Waals surface area (Å²) in [7, 11) is 0. The van der Waals surface area contributed by atoms with Crippen molar-refractivity contribution in [2.75, 3.05) is 0 Å². The first-order valence-corrected chi connectivity index (χ1v) is 6.27. The monoisotopic (exact) mass is 280 g/mol. The lowest BCUT2D eigenvalue weighted by Gasteiger charge is -2.18. The summed E-state index contributed by atoms with van der Waals surface area (Å²) in [5.74, 6) is -2.00. The van der Waals surface area contributed by atoms with Gasteiger partial charge in [0.1, 0.15) is 10.3 Å². The highest BCUT2D eigenvalue weighted by Crippen LogP contribution is 2.33. The molecule has 0 spiro atoms. The lowest BCUT2D eigenvalue weighted by Crippen LogP contribution is -2.27. The van der Waals surface area contributed by atoms with E-state index in [1.807, 2.05) is 0 Å². The number of carbonyl (C=O) groups is 2. The fraction of sp³-hybridized carbons (Fsp3) is 0.250. The van der Waals surface area contributed by atoms with Gasteiger partial charge in [0.2, 0.25) is 0 Å². The molecule has 2 N–H and O–H groups in total. The summed E-state index contributed by atoms with van der Waals surface area (Å²) in [5, 5.41) is 22.7. The number of hydrogen-bond acceptors (Lipinski definition) is 4. The van der Waals surface area contributed by atoms with Crippen molar-refractivity contribution in [3.63, 3.8) is 0 Å². The van der Waals surface area contributed by atoms with Crippen molar-refractivity contribution in [2.45, 2.75) is 23.6 Å². The summed E-state index contributed by atoms with van der Waals surface area (Å²) in [6.45, 7) is 3.17. The summed E-state index contributed by atoms with van der Waals surface area (Å²) in [6.07, 6.45) is 1.26. The van der Waals surface area contributed by atoms with Gasteiger partial charge in [-0.25, -0.2) is 9.31 Å². The first kappa shape index (κ1) is 13.4. The Kier molecular flexibility index (Phi) is 3.23. The number of thioether (sulfide) groups is 1. The molecule has 19 heavy (non-hydrogen) atoms. The van der Waals surface area contributed by atoms with E-state index in [0.717, 1.165) is 11.8 Å². The highest BCUT2D eigenvalue weighted by Gasteiger charge is 2.29. The fourth-order valence-electron chi connectivity index (χ4n) is 1.53. The first-order chi connectivity index (χ1) is 8.83. The zero-order valence-corrected chi connectivity index (χ0v) is 11.1. The van der Waals surface area contributed by atoms with E-state index < -0.39 is 16.7 Å². The minimum absolute atomic E-state index is 0.0931. The summed E-state index contributed by atoms with van der Waals surface area (Å²) < 4.78 is 0.419. The van der Waals surface area contributed by atoms with E-state index in [-0.39, 0.29) is 5.56 Å². The molecule has 2 aromatic heterocycles. The Hall–Kier alpha value is -2.02. The number of aromatic nitrogens is 2. The third-order valence-electron chi connectivity index (χ3n) is 2.61. The van der Waals surface area contributed by atoms with E-state index >= 15 is 0 Å². The molecule has 2 aromatic rings. The Morgan fingerprint density at radius 1 is 1.32 bits per heavy atom. The molecule has 100 valence electrons. The second-order valence-electron chi connectivity index (χ2n) is 4.44. The smallest absolute Gasteiger partial charge is 0.339 e. The number of carboxylic acids is 2. The molecule has 0 saturated carbocycles. The third-order valence-corrected chi connectivity index (χ3v) is 3.82. The number of aromatic carboxylic acids is 1. The van der Waals surface area contributed by atoms with Crippen LogP contribution in [0.4, 0.5) is 0 Å². The largest absolute Gasteiger partial charge is 0.480 e. The van der Waals surface area contributed by atoms with Crippen LogP contribution in [0, 0.1) is 0 Å². The van der Waals surface area contributed by atoms with E-state index in [0.29, 0.717) is 10.5 Å². The Morgan fingerprint density at radius 3 is 2.58 bits per heavy atom. The molecule has 0 fully saturated rings. The molecule has 0 aliphatic heterocycles. The maximum absolute atomic E-state index is 11.1. The number of nitrogens with zero attached hydrogens (tertiary/aromatic N) is 2. The van der Waals surface area contributed by atoms with Crippen molar-refractivity contribution in [1.82, 2.24) is 9.61 Å². The highest BCUT2D eigenvalue weighted by molar-refractivity contribution is 8.01. The number of aliphatic carboxylic acids is 1. The van der Waals surface area contributed by atoms with Gasteiger partial charge in [-0.15, -0.1) is 0 Å². The average molecular weight is 280 g/mol. The van der Waals surface area contributed by atoms with Crippen LogP contribution in [0.1, 0.15) is 24.2 Å². The zero-order chi connectivity index (χ0) is 14.2.